The van der Waals surface area contributed by atoms with Gasteiger partial charge in [-0.25, -0.2) is 0 Å². The first-order valence-corrected chi connectivity index (χ1v) is 6.10. The molecule has 5 nitrogen and oxygen atoms in total. The highest BCUT2D eigenvalue weighted by molar-refractivity contribution is 8.93. The fourth-order valence-corrected chi connectivity index (χ4v) is 1.97. The molecule has 102 valence electrons. The Morgan fingerprint density at radius 1 is 1.16 bits per heavy atom. The molecule has 0 amide bonds. The van der Waals surface area contributed by atoms with Gasteiger partial charge in [0.15, 0.2) is 0 Å². The third-order valence-corrected chi connectivity index (χ3v) is 2.85. The predicted octanol–water partition coefficient (Wildman–Crippen LogP) is 3.51. The zero-order valence-corrected chi connectivity index (χ0v) is 12.4. The van der Waals surface area contributed by atoms with Gasteiger partial charge in [-0.05, 0) is 17.5 Å². The van der Waals surface area contributed by atoms with Crippen molar-refractivity contribution < 1.29 is 0 Å². The van der Waals surface area contributed by atoms with Crippen LogP contribution in [0.2, 0.25) is 0 Å². The minimum atomic E-state index is 0. The number of nitrogens with zero attached hydrogens (tertiary/aromatic N) is 5. The number of hydrogen-bond donors (Lipinski definition) is 0. The Bertz CT molecular complexity index is 442. The lowest BCUT2D eigenvalue weighted by Crippen LogP contribution is -2.26. The van der Waals surface area contributed by atoms with Gasteiger partial charge in [-0.3, -0.25) is 0 Å². The topological polar surface area (TPSA) is 55.2 Å². The molecule has 0 unspecified atom stereocenters. The van der Waals surface area contributed by atoms with Crippen molar-refractivity contribution in [1.82, 2.24) is 9.80 Å². The molecule has 0 aromatic heterocycles. The largest absolute Gasteiger partial charge is 0.359 e. The van der Waals surface area contributed by atoms with Gasteiger partial charge in [-0.1, -0.05) is 35.4 Å². The quantitative estimate of drug-likeness (QED) is 0.348. The van der Waals surface area contributed by atoms with Gasteiger partial charge >= 0.3 is 0 Å². The lowest BCUT2D eigenvalue weighted by atomic mass is 10.2. The van der Waals surface area contributed by atoms with Crippen LogP contribution in [0.25, 0.3) is 10.4 Å². The highest BCUT2D eigenvalue weighted by Gasteiger charge is 2.11. The van der Waals surface area contributed by atoms with Crippen LogP contribution < -0.4 is 0 Å². The van der Waals surface area contributed by atoms with E-state index in [1.807, 2.05) is 6.07 Å². The van der Waals surface area contributed by atoms with E-state index in [0.717, 1.165) is 26.2 Å². The molecule has 0 fully saturated rings. The van der Waals surface area contributed by atoms with Crippen molar-refractivity contribution in [2.45, 2.75) is 13.0 Å². The van der Waals surface area contributed by atoms with E-state index in [2.05, 4.69) is 56.5 Å². The second-order valence-electron chi connectivity index (χ2n) is 4.29. The monoisotopic (exact) mass is 323 g/mol. The van der Waals surface area contributed by atoms with Crippen LogP contribution in [0, 0.1) is 0 Å². The zero-order chi connectivity index (χ0) is 12.6. The van der Waals surface area contributed by atoms with Gasteiger partial charge in [0.2, 0.25) is 0 Å². The maximum Gasteiger partial charge on any atom is 0.0897 e. The van der Waals surface area contributed by atoms with Crippen molar-refractivity contribution >= 4 is 17.0 Å². The highest BCUT2D eigenvalue weighted by atomic mass is 79.9. The van der Waals surface area contributed by atoms with Crippen molar-refractivity contribution in [2.75, 3.05) is 19.8 Å². The third-order valence-electron chi connectivity index (χ3n) is 2.85. The van der Waals surface area contributed by atoms with Crippen molar-refractivity contribution in [2.24, 2.45) is 5.11 Å². The molecule has 1 aromatic carbocycles. The first-order chi connectivity index (χ1) is 8.88. The molecule has 0 saturated heterocycles. The molecule has 0 atom stereocenters. The van der Waals surface area contributed by atoms with E-state index in [1.54, 1.807) is 0 Å². The van der Waals surface area contributed by atoms with Crippen molar-refractivity contribution in [3.05, 3.63) is 58.7 Å². The van der Waals surface area contributed by atoms with Crippen molar-refractivity contribution in [1.29, 1.82) is 0 Å². The van der Waals surface area contributed by atoms with E-state index in [4.69, 9.17) is 5.53 Å². The van der Waals surface area contributed by atoms with Gasteiger partial charge in [0.05, 0.1) is 6.67 Å². The van der Waals surface area contributed by atoms with E-state index >= 15 is 0 Å². The van der Waals surface area contributed by atoms with Gasteiger partial charge in [-0.2, -0.15) is 0 Å². The predicted molar refractivity (Wildman–Crippen MR) is 81.7 cm³/mol. The molecule has 19 heavy (non-hydrogen) atoms. The second-order valence-corrected chi connectivity index (χ2v) is 4.29. The van der Waals surface area contributed by atoms with E-state index in [9.17, 15) is 0 Å². The molecule has 1 aliphatic rings. The van der Waals surface area contributed by atoms with Gasteiger partial charge in [0.1, 0.15) is 0 Å². The second kappa shape index (κ2) is 8.45. The highest BCUT2D eigenvalue weighted by Crippen LogP contribution is 2.11. The van der Waals surface area contributed by atoms with Gasteiger partial charge in [0.25, 0.3) is 0 Å². The number of benzene rings is 1. The number of rotatable bonds is 6. The summed E-state index contributed by atoms with van der Waals surface area (Å²) < 4.78 is 0. The van der Waals surface area contributed by atoms with E-state index in [0.29, 0.717) is 6.54 Å². The Morgan fingerprint density at radius 2 is 1.89 bits per heavy atom. The summed E-state index contributed by atoms with van der Waals surface area (Å²) in [7, 11) is 0. The molecule has 0 radical (unpaired) electrons. The van der Waals surface area contributed by atoms with Crippen LogP contribution in [0.15, 0.2) is 47.8 Å². The fraction of sp³-hybridized carbons (Fsp3) is 0.385. The van der Waals surface area contributed by atoms with Crippen LogP contribution in [-0.2, 0) is 6.54 Å². The van der Waals surface area contributed by atoms with E-state index in [-0.39, 0.29) is 17.0 Å². The lowest BCUT2D eigenvalue weighted by Gasteiger charge is -2.21. The summed E-state index contributed by atoms with van der Waals surface area (Å²) in [6, 6.07) is 10.4. The molecule has 0 saturated carbocycles. The average Bonchev–Trinajstić information content (AvgIpc) is 2.84. The van der Waals surface area contributed by atoms with E-state index < -0.39 is 0 Å². The SMILES string of the molecule is Br.[N-]=[N+]=NCCCN1C=CN(Cc2ccccc2)C1. The first kappa shape index (κ1) is 15.4. The maximum atomic E-state index is 8.19. The number of azide groups is 1. The zero-order valence-electron chi connectivity index (χ0n) is 10.7. The minimum absolute atomic E-state index is 0. The molecule has 1 heterocycles. The Labute approximate surface area is 123 Å². The molecule has 2 rings (SSSR count). The normalized spacial score (nSPS) is 13.1. The molecule has 0 N–H and O–H groups in total. The fourth-order valence-electron chi connectivity index (χ4n) is 1.97. The Hall–Kier alpha value is -1.65. The summed E-state index contributed by atoms with van der Waals surface area (Å²) in [6.45, 7) is 3.34. The summed E-state index contributed by atoms with van der Waals surface area (Å²) in [4.78, 5) is 7.25. The molecule has 0 spiro atoms. The summed E-state index contributed by atoms with van der Waals surface area (Å²) in [5.74, 6) is 0. The summed E-state index contributed by atoms with van der Waals surface area (Å²) >= 11 is 0. The Kier molecular flexibility index (Phi) is 6.85. The molecular weight excluding hydrogens is 306 g/mol. The van der Waals surface area contributed by atoms with Gasteiger partial charge in [-0.15, -0.1) is 17.0 Å². The number of halogens is 1. The Balaban J connectivity index is 0.00000180. The Morgan fingerprint density at radius 3 is 2.63 bits per heavy atom. The molecule has 0 aliphatic carbocycles. The first-order valence-electron chi connectivity index (χ1n) is 6.10. The van der Waals surface area contributed by atoms with E-state index in [1.165, 1.54) is 5.56 Å². The van der Waals surface area contributed by atoms with Crippen molar-refractivity contribution in [3.63, 3.8) is 0 Å². The van der Waals surface area contributed by atoms with Gasteiger partial charge in [0, 0.05) is 36.9 Å². The minimum Gasteiger partial charge on any atom is -0.359 e. The molecule has 1 aliphatic heterocycles. The summed E-state index contributed by atoms with van der Waals surface area (Å²) in [5.41, 5.74) is 9.50. The van der Waals surface area contributed by atoms with Crippen LogP contribution in [-0.4, -0.2) is 29.6 Å². The van der Waals surface area contributed by atoms with Crippen molar-refractivity contribution in [3.8, 4) is 0 Å². The molecule has 6 heteroatoms. The molecular formula is C13H18BrN5. The van der Waals surface area contributed by atoms with Crippen LogP contribution in [0.4, 0.5) is 0 Å². The standard InChI is InChI=1S/C13H17N5.BrH/c14-16-15-7-4-8-17-9-10-18(12-17)11-13-5-2-1-3-6-13;/h1-3,5-6,9-10H,4,7-8,11-12H2;1H. The van der Waals surface area contributed by atoms with Crippen LogP contribution in [0.5, 0.6) is 0 Å². The van der Waals surface area contributed by atoms with Crippen LogP contribution in [0.3, 0.4) is 0 Å². The maximum absolute atomic E-state index is 8.19. The number of hydrogen-bond acceptors (Lipinski definition) is 3. The van der Waals surface area contributed by atoms with Crippen LogP contribution in [0.1, 0.15) is 12.0 Å². The van der Waals surface area contributed by atoms with Gasteiger partial charge < -0.3 is 9.80 Å². The molecule has 1 aromatic rings. The average molecular weight is 324 g/mol. The smallest absolute Gasteiger partial charge is 0.0897 e. The lowest BCUT2D eigenvalue weighted by molar-refractivity contribution is 0.259. The summed E-state index contributed by atoms with van der Waals surface area (Å²) in [5, 5.41) is 3.54. The third kappa shape index (κ3) is 5.24. The summed E-state index contributed by atoms with van der Waals surface area (Å²) in [6.07, 6.45) is 5.10. The van der Waals surface area contributed by atoms with Crippen LogP contribution >= 0.6 is 17.0 Å². The molecule has 0 bridgehead atoms.